The van der Waals surface area contributed by atoms with Gasteiger partial charge in [-0.25, -0.2) is 0 Å². The molecule has 0 radical (unpaired) electrons. The Balaban J connectivity index is 2.68. The first-order valence-electron chi connectivity index (χ1n) is 10.5. The molecule has 2 heterocycles. The molecule has 5 heteroatoms. The van der Waals surface area contributed by atoms with E-state index < -0.39 is 50.0 Å². The van der Waals surface area contributed by atoms with Crippen molar-refractivity contribution >= 4 is 12.7 Å². The van der Waals surface area contributed by atoms with Crippen molar-refractivity contribution < 1.29 is 21.6 Å². The van der Waals surface area contributed by atoms with E-state index in [1.807, 2.05) is 0 Å². The van der Waals surface area contributed by atoms with Crippen LogP contribution in [0.15, 0.2) is 12.4 Å². The van der Waals surface area contributed by atoms with Crippen LogP contribution in [-0.2, 0) is 14.7 Å². The molecule has 1 saturated heterocycles. The number of aromatic nitrogens is 2. The summed E-state index contributed by atoms with van der Waals surface area (Å²) in [7, 11) is -1.06. The van der Waals surface area contributed by atoms with Gasteiger partial charge in [-0.1, -0.05) is 20.6 Å². The lowest BCUT2D eigenvalue weighted by atomic mass is 9.84. The van der Waals surface area contributed by atoms with E-state index in [4.69, 9.17) is 21.6 Å². The molecule has 0 N–H and O–H groups in total. The minimum Gasteiger partial charge on any atom is -0.398 e. The van der Waals surface area contributed by atoms with Gasteiger partial charge in [0.1, 0.15) is 0 Å². The molecule has 2 rings (SSSR count). The molecule has 1 aromatic rings. The van der Waals surface area contributed by atoms with Crippen molar-refractivity contribution in [1.29, 1.82) is 0 Å². The monoisotopic (exact) mass is 271 g/mol. The van der Waals surface area contributed by atoms with Gasteiger partial charge in [-0.2, -0.15) is 0 Å². The van der Waals surface area contributed by atoms with Crippen LogP contribution in [0, 0.1) is 0 Å². The summed E-state index contributed by atoms with van der Waals surface area (Å²) in [6.07, 6.45) is 2.09. The van der Waals surface area contributed by atoms with Gasteiger partial charge in [0.05, 0.1) is 22.5 Å². The molecule has 0 aromatic carbocycles. The van der Waals surface area contributed by atoms with Gasteiger partial charge in [0.2, 0.25) is 0 Å². The molecule has 0 saturated carbocycles. The molecule has 0 spiro atoms. The summed E-state index contributed by atoms with van der Waals surface area (Å²) in [4.78, 5) is 7.92. The lowest BCUT2D eigenvalue weighted by Gasteiger charge is -2.32. The molecule has 0 unspecified atom stereocenters. The second-order valence-corrected chi connectivity index (χ2v) is 5.67. The molecule has 1 aromatic heterocycles. The van der Waals surface area contributed by atoms with Gasteiger partial charge in [-0.15, -0.1) is 0 Å². The van der Waals surface area contributed by atoms with Crippen molar-refractivity contribution in [2.75, 3.05) is 0 Å². The Morgan fingerprint density at radius 1 is 1.11 bits per heavy atom. The minimum atomic E-state index is -3.41. The second kappa shape index (κ2) is 4.28. The molecule has 1 fully saturated rings. The third kappa shape index (κ3) is 2.67. The molecule has 19 heavy (non-hydrogen) atoms. The molecule has 0 aliphatic carbocycles. The molecule has 104 valence electrons. The fourth-order valence-corrected chi connectivity index (χ4v) is 1.64. The molecule has 0 amide bonds. The van der Waals surface area contributed by atoms with E-state index in [0.29, 0.717) is 0 Å². The topological polar surface area (TPSA) is 44.2 Å². The number of nitrogens with zero attached hydrogens (tertiary/aromatic N) is 2. The van der Waals surface area contributed by atoms with E-state index in [2.05, 4.69) is 9.97 Å². The Labute approximate surface area is 128 Å². The Morgan fingerprint density at radius 3 is 2.21 bits per heavy atom. The second-order valence-electron chi connectivity index (χ2n) is 5.67. The average Bonchev–Trinajstić information content (AvgIpc) is 2.63. The molecular formula is C14H23BN2O2. The van der Waals surface area contributed by atoms with E-state index in [1.165, 1.54) is 6.20 Å². The summed E-state index contributed by atoms with van der Waals surface area (Å²) in [5.41, 5.74) is -5.37. The standard InChI is InChI=1S/C14H23BN2O2/c1-12(2,3)10-8-16-9-11(17-10)15-18-13(4,5)14(6,7)19-15/h8-9H,1-7H3/i1D3,2D3,3D3. The van der Waals surface area contributed by atoms with Crippen LogP contribution in [0.1, 0.15) is 66.3 Å². The highest BCUT2D eigenvalue weighted by atomic mass is 16.7. The van der Waals surface area contributed by atoms with Crippen LogP contribution in [-0.4, -0.2) is 28.3 Å². The van der Waals surface area contributed by atoms with Crippen LogP contribution in [0.25, 0.3) is 0 Å². The summed E-state index contributed by atoms with van der Waals surface area (Å²) < 4.78 is 81.6. The van der Waals surface area contributed by atoms with Crippen LogP contribution < -0.4 is 5.59 Å². The summed E-state index contributed by atoms with van der Waals surface area (Å²) in [5, 5.41) is 0. The van der Waals surface area contributed by atoms with Crippen LogP contribution >= 0.6 is 0 Å². The zero-order valence-corrected chi connectivity index (χ0v) is 11.4. The molecule has 1 aliphatic rings. The quantitative estimate of drug-likeness (QED) is 0.733. The first-order valence-corrected chi connectivity index (χ1v) is 5.96. The fraction of sp³-hybridized carbons (Fsp3) is 0.714. The minimum absolute atomic E-state index is 0.00160. The zero-order valence-electron chi connectivity index (χ0n) is 20.4. The van der Waals surface area contributed by atoms with E-state index >= 15 is 0 Å². The molecular weight excluding hydrogens is 239 g/mol. The maximum atomic E-state index is 7.77. The van der Waals surface area contributed by atoms with E-state index in [0.717, 1.165) is 6.20 Å². The lowest BCUT2D eigenvalue weighted by Crippen LogP contribution is -2.41. The Hall–Kier alpha value is -0.935. The van der Waals surface area contributed by atoms with Crippen molar-refractivity contribution in [3.05, 3.63) is 18.1 Å². The van der Waals surface area contributed by atoms with E-state index in [1.54, 1.807) is 27.7 Å². The maximum Gasteiger partial charge on any atom is 0.516 e. The highest BCUT2D eigenvalue weighted by Gasteiger charge is 2.52. The van der Waals surface area contributed by atoms with E-state index in [-0.39, 0.29) is 5.59 Å². The van der Waals surface area contributed by atoms with Crippen LogP contribution in [0.5, 0.6) is 0 Å². The predicted molar refractivity (Wildman–Crippen MR) is 76.4 cm³/mol. The van der Waals surface area contributed by atoms with Gasteiger partial charge in [0.15, 0.2) is 0 Å². The number of rotatable bonds is 1. The summed E-state index contributed by atoms with van der Waals surface area (Å²) in [6.45, 7) is -3.06. The lowest BCUT2D eigenvalue weighted by molar-refractivity contribution is 0.00578. The third-order valence-corrected chi connectivity index (χ3v) is 3.53. The Morgan fingerprint density at radius 2 is 1.68 bits per heavy atom. The van der Waals surface area contributed by atoms with Gasteiger partial charge in [-0.05, 0) is 27.7 Å². The average molecular weight is 271 g/mol. The van der Waals surface area contributed by atoms with Gasteiger partial charge in [0.25, 0.3) is 0 Å². The van der Waals surface area contributed by atoms with Gasteiger partial charge in [-0.3, -0.25) is 9.97 Å². The zero-order chi connectivity index (χ0) is 22.0. The third-order valence-electron chi connectivity index (χ3n) is 3.53. The Kier molecular flexibility index (Phi) is 1.51. The van der Waals surface area contributed by atoms with Crippen molar-refractivity contribution in [2.45, 2.75) is 64.9 Å². The fourth-order valence-electron chi connectivity index (χ4n) is 1.64. The van der Waals surface area contributed by atoms with Gasteiger partial charge < -0.3 is 9.31 Å². The summed E-state index contributed by atoms with van der Waals surface area (Å²) in [5.74, 6) is 0. The number of hydrogen-bond donors (Lipinski definition) is 0. The van der Waals surface area contributed by atoms with Crippen molar-refractivity contribution in [2.24, 2.45) is 0 Å². The highest BCUT2D eigenvalue weighted by molar-refractivity contribution is 6.61. The summed E-state index contributed by atoms with van der Waals surface area (Å²) >= 11 is 0. The normalized spacial score (nSPS) is 30.7. The van der Waals surface area contributed by atoms with E-state index in [9.17, 15) is 0 Å². The summed E-state index contributed by atoms with van der Waals surface area (Å²) in [6, 6.07) is 0. The van der Waals surface area contributed by atoms with Crippen LogP contribution in [0.3, 0.4) is 0 Å². The first kappa shape index (κ1) is 6.68. The molecule has 1 aliphatic heterocycles. The SMILES string of the molecule is [2H]C([2H])([2H])C(c1cncc(B2OC(C)(C)C(C)(C)O2)n1)(C([2H])([2H])[2H])C([2H])([2H])[2H]. The predicted octanol–water partition coefficient (Wildman–Crippen LogP) is 2.07. The van der Waals surface area contributed by atoms with Crippen molar-refractivity contribution in [1.82, 2.24) is 9.97 Å². The molecule has 0 atom stereocenters. The smallest absolute Gasteiger partial charge is 0.398 e. The van der Waals surface area contributed by atoms with Crippen LogP contribution in [0.4, 0.5) is 0 Å². The highest BCUT2D eigenvalue weighted by Crippen LogP contribution is 2.36. The van der Waals surface area contributed by atoms with Gasteiger partial charge >= 0.3 is 7.12 Å². The molecule has 0 bridgehead atoms. The van der Waals surface area contributed by atoms with Crippen molar-refractivity contribution in [3.63, 3.8) is 0 Å². The van der Waals surface area contributed by atoms with Crippen LogP contribution in [0.2, 0.25) is 0 Å². The molecule has 4 nitrogen and oxygen atoms in total. The van der Waals surface area contributed by atoms with Gasteiger partial charge in [0, 0.05) is 30.1 Å². The van der Waals surface area contributed by atoms with Crippen molar-refractivity contribution in [3.8, 4) is 0 Å². The largest absolute Gasteiger partial charge is 0.516 e. The maximum absolute atomic E-state index is 7.77. The number of hydrogen-bond acceptors (Lipinski definition) is 4. The Bertz CT molecular complexity index is 692. The first-order chi connectivity index (χ1) is 12.3.